The Bertz CT molecular complexity index is 383. The van der Waals surface area contributed by atoms with Crippen molar-refractivity contribution in [3.63, 3.8) is 0 Å². The summed E-state index contributed by atoms with van der Waals surface area (Å²) in [5.41, 5.74) is 0.666. The first-order valence-corrected chi connectivity index (χ1v) is 6.92. The first-order chi connectivity index (χ1) is 9.65. The fourth-order valence-corrected chi connectivity index (χ4v) is 1.77. The Morgan fingerprint density at radius 1 is 1.35 bits per heavy atom. The normalized spacial score (nSPS) is 13.9. The molecule has 20 heavy (non-hydrogen) atoms. The van der Waals surface area contributed by atoms with E-state index in [0.717, 1.165) is 12.8 Å². The van der Waals surface area contributed by atoms with Crippen LogP contribution < -0.4 is 5.32 Å². The molecule has 0 aliphatic heterocycles. The van der Waals surface area contributed by atoms with Crippen molar-refractivity contribution in [3.05, 3.63) is 35.9 Å². The molecule has 0 heterocycles. The summed E-state index contributed by atoms with van der Waals surface area (Å²) in [6.45, 7) is 3.08. The average molecular weight is 281 g/mol. The zero-order valence-corrected chi connectivity index (χ0v) is 11.8. The van der Waals surface area contributed by atoms with E-state index in [4.69, 9.17) is 4.74 Å². The van der Waals surface area contributed by atoms with Gasteiger partial charge in [0.15, 0.2) is 0 Å². The molecule has 0 aromatic heterocycles. The zero-order chi connectivity index (χ0) is 14.8. The minimum Gasteiger partial charge on any atom is -0.480 e. The molecule has 0 amide bonds. The lowest BCUT2D eigenvalue weighted by atomic mass is 10.1. The Morgan fingerprint density at radius 3 is 2.65 bits per heavy atom. The summed E-state index contributed by atoms with van der Waals surface area (Å²) in [4.78, 5) is 11.2. The summed E-state index contributed by atoms with van der Waals surface area (Å²) >= 11 is 0. The van der Waals surface area contributed by atoms with Crippen molar-refractivity contribution >= 4 is 5.97 Å². The van der Waals surface area contributed by atoms with Gasteiger partial charge in [-0.1, -0.05) is 43.7 Å². The molecule has 0 bridgehead atoms. The molecule has 0 fully saturated rings. The number of aliphatic hydroxyl groups is 1. The van der Waals surface area contributed by atoms with Crippen LogP contribution in [0.5, 0.6) is 0 Å². The number of hydrogen-bond donors (Lipinski definition) is 3. The molecule has 5 nitrogen and oxygen atoms in total. The maximum absolute atomic E-state index is 11.2. The van der Waals surface area contributed by atoms with Crippen molar-refractivity contribution in [2.24, 2.45) is 0 Å². The molecular weight excluding hydrogens is 258 g/mol. The molecule has 0 aliphatic rings. The van der Waals surface area contributed by atoms with Crippen LogP contribution in [-0.2, 0) is 9.53 Å². The first-order valence-electron chi connectivity index (χ1n) is 6.92. The van der Waals surface area contributed by atoms with E-state index in [9.17, 15) is 15.0 Å². The number of carboxylic acids is 1. The molecule has 3 N–H and O–H groups in total. The predicted molar refractivity (Wildman–Crippen MR) is 76.6 cm³/mol. The standard InChI is InChI=1S/C15H23NO4/c1-2-3-9-20-11-13(17)10-16-14(15(18)19)12-7-5-4-6-8-12/h4-8,13-14,16-17H,2-3,9-11H2,1H3,(H,18,19). The van der Waals surface area contributed by atoms with Crippen molar-refractivity contribution in [1.82, 2.24) is 5.32 Å². The summed E-state index contributed by atoms with van der Waals surface area (Å²) in [5.74, 6) is -0.963. The molecule has 0 saturated heterocycles. The summed E-state index contributed by atoms with van der Waals surface area (Å²) in [6, 6.07) is 8.08. The van der Waals surface area contributed by atoms with Crippen molar-refractivity contribution in [1.29, 1.82) is 0 Å². The summed E-state index contributed by atoms with van der Waals surface area (Å²) in [5, 5.41) is 21.8. The minimum atomic E-state index is -0.963. The summed E-state index contributed by atoms with van der Waals surface area (Å²) in [7, 11) is 0. The molecular formula is C15H23NO4. The van der Waals surface area contributed by atoms with Crippen molar-refractivity contribution < 1.29 is 19.7 Å². The fraction of sp³-hybridized carbons (Fsp3) is 0.533. The molecule has 0 aliphatic carbocycles. The molecule has 1 aromatic rings. The number of unbranched alkanes of at least 4 members (excludes halogenated alkanes) is 1. The van der Waals surface area contributed by atoms with Gasteiger partial charge in [-0.25, -0.2) is 0 Å². The van der Waals surface area contributed by atoms with Crippen LogP contribution in [0.3, 0.4) is 0 Å². The second-order valence-electron chi connectivity index (χ2n) is 4.67. The summed E-state index contributed by atoms with van der Waals surface area (Å²) < 4.78 is 5.30. The fourth-order valence-electron chi connectivity index (χ4n) is 1.77. The third kappa shape index (κ3) is 6.14. The monoisotopic (exact) mass is 281 g/mol. The van der Waals surface area contributed by atoms with Crippen LogP contribution in [0, 0.1) is 0 Å². The van der Waals surface area contributed by atoms with E-state index in [1.54, 1.807) is 24.3 Å². The molecule has 112 valence electrons. The van der Waals surface area contributed by atoms with Crippen LogP contribution in [0.4, 0.5) is 0 Å². The molecule has 1 rings (SSSR count). The van der Waals surface area contributed by atoms with Gasteiger partial charge < -0.3 is 14.9 Å². The Kier molecular flexibility index (Phi) is 7.87. The topological polar surface area (TPSA) is 78.8 Å². The number of ether oxygens (including phenoxy) is 1. The molecule has 5 heteroatoms. The molecule has 2 unspecified atom stereocenters. The van der Waals surface area contributed by atoms with Gasteiger partial charge in [-0.2, -0.15) is 0 Å². The maximum atomic E-state index is 11.2. The minimum absolute atomic E-state index is 0.179. The number of rotatable bonds is 10. The highest BCUT2D eigenvalue weighted by Crippen LogP contribution is 2.12. The Balaban J connectivity index is 2.38. The van der Waals surface area contributed by atoms with Gasteiger partial charge in [-0.3, -0.25) is 10.1 Å². The van der Waals surface area contributed by atoms with Crippen molar-refractivity contribution in [3.8, 4) is 0 Å². The molecule has 0 radical (unpaired) electrons. The lowest BCUT2D eigenvalue weighted by molar-refractivity contribution is -0.139. The van der Waals surface area contributed by atoms with E-state index < -0.39 is 18.1 Å². The largest absolute Gasteiger partial charge is 0.480 e. The summed E-state index contributed by atoms with van der Waals surface area (Å²) in [6.07, 6.45) is 1.29. The van der Waals surface area contributed by atoms with Gasteiger partial charge in [0, 0.05) is 13.2 Å². The number of aliphatic carboxylic acids is 1. The van der Waals surface area contributed by atoms with E-state index >= 15 is 0 Å². The lowest BCUT2D eigenvalue weighted by Gasteiger charge is -2.17. The highest BCUT2D eigenvalue weighted by molar-refractivity contribution is 5.75. The Labute approximate surface area is 119 Å². The van der Waals surface area contributed by atoms with Gasteiger partial charge in [0.05, 0.1) is 12.7 Å². The van der Waals surface area contributed by atoms with Gasteiger partial charge in [-0.05, 0) is 12.0 Å². The lowest BCUT2D eigenvalue weighted by Crippen LogP contribution is -2.36. The molecule has 0 saturated carbocycles. The van der Waals surface area contributed by atoms with Crippen LogP contribution >= 0.6 is 0 Å². The first kappa shape index (κ1) is 16.6. The van der Waals surface area contributed by atoms with Crippen molar-refractivity contribution in [2.75, 3.05) is 19.8 Å². The van der Waals surface area contributed by atoms with E-state index in [1.807, 2.05) is 6.07 Å². The van der Waals surface area contributed by atoms with Gasteiger partial charge in [0.1, 0.15) is 6.04 Å². The third-order valence-electron chi connectivity index (χ3n) is 2.89. The van der Waals surface area contributed by atoms with Gasteiger partial charge in [0.2, 0.25) is 0 Å². The van der Waals surface area contributed by atoms with E-state index in [2.05, 4.69) is 12.2 Å². The number of aliphatic hydroxyl groups excluding tert-OH is 1. The second-order valence-corrected chi connectivity index (χ2v) is 4.67. The van der Waals surface area contributed by atoms with E-state index in [1.165, 1.54) is 0 Å². The number of carbonyl (C=O) groups is 1. The zero-order valence-electron chi connectivity index (χ0n) is 11.8. The van der Waals surface area contributed by atoms with Crippen LogP contribution in [0.25, 0.3) is 0 Å². The van der Waals surface area contributed by atoms with Gasteiger partial charge in [-0.15, -0.1) is 0 Å². The molecule has 1 aromatic carbocycles. The van der Waals surface area contributed by atoms with Gasteiger partial charge in [0.25, 0.3) is 0 Å². The molecule has 0 spiro atoms. The Hall–Kier alpha value is -1.43. The highest BCUT2D eigenvalue weighted by atomic mass is 16.5. The van der Waals surface area contributed by atoms with Crippen LogP contribution in [0.1, 0.15) is 31.4 Å². The number of carboxylic acid groups (broad SMARTS) is 1. The number of nitrogens with one attached hydrogen (secondary N) is 1. The Morgan fingerprint density at radius 2 is 2.05 bits per heavy atom. The van der Waals surface area contributed by atoms with Crippen LogP contribution in [0.15, 0.2) is 30.3 Å². The van der Waals surface area contributed by atoms with Gasteiger partial charge >= 0.3 is 5.97 Å². The maximum Gasteiger partial charge on any atom is 0.325 e. The predicted octanol–water partition coefficient (Wildman–Crippen LogP) is 1.58. The van der Waals surface area contributed by atoms with Crippen molar-refractivity contribution in [2.45, 2.75) is 31.9 Å². The number of hydrogen-bond acceptors (Lipinski definition) is 4. The second kappa shape index (κ2) is 9.47. The SMILES string of the molecule is CCCCOCC(O)CNC(C(=O)O)c1ccccc1. The highest BCUT2D eigenvalue weighted by Gasteiger charge is 2.19. The van der Waals surface area contributed by atoms with E-state index in [-0.39, 0.29) is 13.2 Å². The number of benzene rings is 1. The van der Waals surface area contributed by atoms with Crippen LogP contribution in [0.2, 0.25) is 0 Å². The van der Waals surface area contributed by atoms with Crippen LogP contribution in [-0.4, -0.2) is 42.0 Å². The molecule has 2 atom stereocenters. The quantitative estimate of drug-likeness (QED) is 0.567. The average Bonchev–Trinajstić information content (AvgIpc) is 2.44. The third-order valence-corrected chi connectivity index (χ3v) is 2.89. The smallest absolute Gasteiger partial charge is 0.325 e. The van der Waals surface area contributed by atoms with E-state index in [0.29, 0.717) is 12.2 Å².